The third-order valence-electron chi connectivity index (χ3n) is 1.92. The smallest absolute Gasteiger partial charge is 0.147 e. The highest BCUT2D eigenvalue weighted by Gasteiger charge is 2.43. The van der Waals surface area contributed by atoms with Gasteiger partial charge in [0.25, 0.3) is 0 Å². The molecule has 0 N–H and O–H groups in total. The topological polar surface area (TPSA) is 25.4 Å². The average molecular weight is 153 g/mol. The van der Waals surface area contributed by atoms with Crippen molar-refractivity contribution in [1.82, 2.24) is 4.98 Å². The molecule has 0 bridgehead atoms. The Labute approximate surface area is 64.0 Å². The van der Waals surface area contributed by atoms with Gasteiger partial charge in [-0.2, -0.15) is 0 Å². The number of ether oxygens (including phenoxy) is 1. The minimum absolute atomic E-state index is 0.285. The number of hydrogen-bond donors (Lipinski definition) is 0. The first-order valence-corrected chi connectivity index (χ1v) is 3.46. The van der Waals surface area contributed by atoms with E-state index in [0.29, 0.717) is 12.2 Å². The molecule has 1 aliphatic rings. The van der Waals surface area contributed by atoms with Crippen LogP contribution in [0.25, 0.3) is 0 Å². The van der Waals surface area contributed by atoms with E-state index in [0.717, 1.165) is 0 Å². The fraction of sp³-hybridized carbons (Fsp3) is 0.375. The molecule has 58 valence electrons. The van der Waals surface area contributed by atoms with Crippen molar-refractivity contribution in [3.05, 3.63) is 29.8 Å². The van der Waals surface area contributed by atoms with Crippen LogP contribution in [0.2, 0.25) is 0 Å². The molecule has 0 saturated carbocycles. The van der Waals surface area contributed by atoms with E-state index in [9.17, 15) is 4.39 Å². The lowest BCUT2D eigenvalue weighted by Crippen LogP contribution is -2.05. The molecule has 0 aromatic carbocycles. The second-order valence-electron chi connectivity index (χ2n) is 2.88. The molecular formula is C8H8FNO. The predicted molar refractivity (Wildman–Crippen MR) is 37.5 cm³/mol. The average Bonchev–Trinajstić information content (AvgIpc) is 2.70. The number of rotatable bonds is 1. The summed E-state index contributed by atoms with van der Waals surface area (Å²) in [6, 6.07) is 1.66. The highest BCUT2D eigenvalue weighted by Crippen LogP contribution is 2.38. The van der Waals surface area contributed by atoms with Crippen molar-refractivity contribution < 1.29 is 9.13 Å². The number of epoxide rings is 1. The molecule has 0 aliphatic carbocycles. The van der Waals surface area contributed by atoms with Crippen LogP contribution in [0.15, 0.2) is 18.5 Å². The van der Waals surface area contributed by atoms with Crippen molar-refractivity contribution in [3.63, 3.8) is 0 Å². The first-order valence-electron chi connectivity index (χ1n) is 3.46. The van der Waals surface area contributed by atoms with E-state index in [1.54, 1.807) is 12.3 Å². The maximum atomic E-state index is 13.0. The van der Waals surface area contributed by atoms with Crippen molar-refractivity contribution in [1.29, 1.82) is 0 Å². The fourth-order valence-electron chi connectivity index (χ4n) is 1.07. The summed E-state index contributed by atoms with van der Waals surface area (Å²) < 4.78 is 18.1. The lowest BCUT2D eigenvalue weighted by molar-refractivity contribution is 0.321. The molecule has 0 radical (unpaired) electrons. The van der Waals surface area contributed by atoms with Gasteiger partial charge in [0.05, 0.1) is 12.8 Å². The minimum atomic E-state index is -0.382. The Morgan fingerprint density at radius 1 is 1.73 bits per heavy atom. The molecule has 1 unspecified atom stereocenters. The van der Waals surface area contributed by atoms with Gasteiger partial charge in [0, 0.05) is 11.8 Å². The highest BCUT2D eigenvalue weighted by molar-refractivity contribution is 5.24. The molecule has 1 saturated heterocycles. The fourth-order valence-corrected chi connectivity index (χ4v) is 1.07. The molecule has 2 nitrogen and oxygen atoms in total. The van der Waals surface area contributed by atoms with Gasteiger partial charge < -0.3 is 4.74 Å². The molecule has 2 rings (SSSR count). The Morgan fingerprint density at radius 3 is 3.00 bits per heavy atom. The van der Waals surface area contributed by atoms with Crippen LogP contribution < -0.4 is 0 Å². The molecule has 1 aromatic rings. The molecule has 11 heavy (non-hydrogen) atoms. The molecule has 0 amide bonds. The summed E-state index contributed by atoms with van der Waals surface area (Å²) in [4.78, 5) is 3.66. The van der Waals surface area contributed by atoms with E-state index in [4.69, 9.17) is 4.74 Å². The zero-order valence-electron chi connectivity index (χ0n) is 6.17. The third kappa shape index (κ3) is 1.01. The summed E-state index contributed by atoms with van der Waals surface area (Å²) in [5, 5.41) is 0. The first-order chi connectivity index (χ1) is 5.22. The zero-order chi connectivity index (χ0) is 7.90. The Hall–Kier alpha value is -0.960. The maximum Gasteiger partial charge on any atom is 0.147 e. The largest absolute Gasteiger partial charge is 0.365 e. The zero-order valence-corrected chi connectivity index (χ0v) is 6.17. The number of pyridine rings is 1. The number of aromatic nitrogens is 1. The van der Waals surface area contributed by atoms with E-state index in [1.165, 1.54) is 6.20 Å². The minimum Gasteiger partial charge on any atom is -0.365 e. The second-order valence-corrected chi connectivity index (χ2v) is 2.88. The number of hydrogen-bond acceptors (Lipinski definition) is 2. The SMILES string of the molecule is CC1(c2ccncc2F)CO1. The van der Waals surface area contributed by atoms with Crippen molar-refractivity contribution >= 4 is 0 Å². The Balaban J connectivity index is 2.45. The summed E-state index contributed by atoms with van der Waals surface area (Å²) in [5.74, 6) is -0.285. The lowest BCUT2D eigenvalue weighted by Gasteiger charge is -2.04. The van der Waals surface area contributed by atoms with Crippen LogP contribution in [0.4, 0.5) is 4.39 Å². The van der Waals surface area contributed by atoms with Crippen LogP contribution in [-0.2, 0) is 10.3 Å². The van der Waals surface area contributed by atoms with Gasteiger partial charge in [-0.05, 0) is 13.0 Å². The quantitative estimate of drug-likeness (QED) is 0.571. The monoisotopic (exact) mass is 153 g/mol. The van der Waals surface area contributed by atoms with Crippen molar-refractivity contribution in [2.24, 2.45) is 0 Å². The molecule has 1 atom stereocenters. The standard InChI is InChI=1S/C8H8FNO/c1-8(5-11-8)6-2-3-10-4-7(6)9/h2-4H,5H2,1H3. The molecule has 1 aliphatic heterocycles. The van der Waals surface area contributed by atoms with Crippen LogP contribution in [0, 0.1) is 5.82 Å². The normalized spacial score (nSPS) is 28.5. The molecule has 0 spiro atoms. The second kappa shape index (κ2) is 2.01. The van der Waals surface area contributed by atoms with Gasteiger partial charge in [-0.15, -0.1) is 0 Å². The third-order valence-corrected chi connectivity index (χ3v) is 1.92. The van der Waals surface area contributed by atoms with Crippen LogP contribution in [0.1, 0.15) is 12.5 Å². The van der Waals surface area contributed by atoms with E-state index in [2.05, 4.69) is 4.98 Å². The molecule has 1 aromatic heterocycles. The molecule has 1 fully saturated rings. The number of halogens is 1. The maximum absolute atomic E-state index is 13.0. The highest BCUT2D eigenvalue weighted by atomic mass is 19.1. The Morgan fingerprint density at radius 2 is 2.45 bits per heavy atom. The van der Waals surface area contributed by atoms with Gasteiger partial charge in [0.15, 0.2) is 0 Å². The van der Waals surface area contributed by atoms with Gasteiger partial charge in [0.1, 0.15) is 11.4 Å². The van der Waals surface area contributed by atoms with Crippen LogP contribution in [-0.4, -0.2) is 11.6 Å². The van der Waals surface area contributed by atoms with E-state index < -0.39 is 0 Å². The van der Waals surface area contributed by atoms with Crippen LogP contribution in [0.5, 0.6) is 0 Å². The first kappa shape index (κ1) is 6.73. The van der Waals surface area contributed by atoms with Gasteiger partial charge in [-0.3, -0.25) is 4.98 Å². The van der Waals surface area contributed by atoms with Crippen molar-refractivity contribution in [3.8, 4) is 0 Å². The van der Waals surface area contributed by atoms with E-state index >= 15 is 0 Å². The van der Waals surface area contributed by atoms with Gasteiger partial charge in [-0.1, -0.05) is 0 Å². The van der Waals surface area contributed by atoms with Crippen LogP contribution in [0.3, 0.4) is 0 Å². The number of nitrogens with zero attached hydrogens (tertiary/aromatic N) is 1. The summed E-state index contributed by atoms with van der Waals surface area (Å²) in [6.07, 6.45) is 2.79. The molecule has 2 heterocycles. The summed E-state index contributed by atoms with van der Waals surface area (Å²) in [6.45, 7) is 2.47. The Kier molecular flexibility index (Phi) is 1.23. The summed E-state index contributed by atoms with van der Waals surface area (Å²) >= 11 is 0. The van der Waals surface area contributed by atoms with Crippen molar-refractivity contribution in [2.45, 2.75) is 12.5 Å². The Bertz CT molecular complexity index is 283. The van der Waals surface area contributed by atoms with E-state index in [-0.39, 0.29) is 11.4 Å². The molecular weight excluding hydrogens is 145 g/mol. The lowest BCUT2D eigenvalue weighted by atomic mass is 10.0. The van der Waals surface area contributed by atoms with E-state index in [1.807, 2.05) is 6.92 Å². The van der Waals surface area contributed by atoms with Gasteiger partial charge >= 0.3 is 0 Å². The van der Waals surface area contributed by atoms with Gasteiger partial charge in [-0.25, -0.2) is 4.39 Å². The summed E-state index contributed by atoms with van der Waals surface area (Å²) in [5.41, 5.74) is 0.222. The van der Waals surface area contributed by atoms with Crippen LogP contribution >= 0.6 is 0 Å². The summed E-state index contributed by atoms with van der Waals surface area (Å²) in [7, 11) is 0. The van der Waals surface area contributed by atoms with Crippen molar-refractivity contribution in [2.75, 3.05) is 6.61 Å². The van der Waals surface area contributed by atoms with Gasteiger partial charge in [0.2, 0.25) is 0 Å². The predicted octanol–water partition coefficient (Wildman–Crippen LogP) is 1.47. The molecule has 3 heteroatoms.